The first kappa shape index (κ1) is 15.9. The lowest BCUT2D eigenvalue weighted by Gasteiger charge is -2.24. The highest BCUT2D eigenvalue weighted by atomic mass is 35.5. The summed E-state index contributed by atoms with van der Waals surface area (Å²) in [6, 6.07) is 0. The summed E-state index contributed by atoms with van der Waals surface area (Å²) in [7, 11) is -3.51. The van der Waals surface area contributed by atoms with E-state index in [1.54, 1.807) is 13.8 Å². The van der Waals surface area contributed by atoms with Crippen LogP contribution in [0.25, 0.3) is 0 Å². The number of rotatable bonds is 6. The number of aromatic nitrogens is 1. The lowest BCUT2D eigenvalue weighted by molar-refractivity contribution is 0.212. The number of nitrogens with zero attached hydrogens (tertiary/aromatic N) is 1. The highest BCUT2D eigenvalue weighted by Crippen LogP contribution is 2.59. The van der Waals surface area contributed by atoms with Crippen molar-refractivity contribution in [2.45, 2.75) is 19.6 Å². The third kappa shape index (κ3) is 3.44. The van der Waals surface area contributed by atoms with Crippen LogP contribution in [0, 0.1) is 0 Å². The van der Waals surface area contributed by atoms with E-state index in [0.717, 1.165) is 0 Å². The van der Waals surface area contributed by atoms with E-state index in [0.29, 0.717) is 5.56 Å². The normalized spacial score (nSPS) is 13.6. The summed E-state index contributed by atoms with van der Waals surface area (Å²) in [5.74, 6) is -1.04. The van der Waals surface area contributed by atoms with E-state index < -0.39 is 13.4 Å². The summed E-state index contributed by atoms with van der Waals surface area (Å²) in [6.45, 7) is 3.83. The van der Waals surface area contributed by atoms with Gasteiger partial charge < -0.3 is 14.8 Å². The molecule has 2 N–H and O–H groups in total. The Balaban J connectivity index is 3.17. The van der Waals surface area contributed by atoms with Gasteiger partial charge in [0.15, 0.2) is 0 Å². The van der Waals surface area contributed by atoms with E-state index in [9.17, 15) is 4.57 Å². The second-order valence-electron chi connectivity index (χ2n) is 3.34. The fourth-order valence-corrected chi connectivity index (χ4v) is 3.88. The minimum Gasteiger partial charge on any atom is -0.314 e. The summed E-state index contributed by atoms with van der Waals surface area (Å²) >= 11 is 11.9. The van der Waals surface area contributed by atoms with Crippen molar-refractivity contribution in [3.05, 3.63) is 28.0 Å². The van der Waals surface area contributed by atoms with Crippen LogP contribution in [-0.2, 0) is 13.6 Å². The van der Waals surface area contributed by atoms with E-state index in [2.05, 4.69) is 4.98 Å². The molecule has 0 saturated heterocycles. The molecule has 0 fully saturated rings. The first-order valence-corrected chi connectivity index (χ1v) is 7.76. The van der Waals surface area contributed by atoms with Gasteiger partial charge in [0, 0.05) is 18.0 Å². The van der Waals surface area contributed by atoms with E-state index in [-0.39, 0.29) is 23.3 Å². The van der Waals surface area contributed by atoms with Crippen molar-refractivity contribution in [3.8, 4) is 0 Å². The number of hydrogen-bond acceptors (Lipinski definition) is 5. The Kier molecular flexibility index (Phi) is 6.05. The zero-order chi connectivity index (χ0) is 13.8. The summed E-state index contributed by atoms with van der Waals surface area (Å²) in [6.07, 6.45) is 2.76. The molecule has 0 bridgehead atoms. The van der Waals surface area contributed by atoms with Crippen LogP contribution < -0.4 is 5.73 Å². The highest BCUT2D eigenvalue weighted by molar-refractivity contribution is 7.54. The maximum Gasteiger partial charge on any atom is 0.351 e. The molecule has 0 spiro atoms. The molecular weight excluding hydrogens is 298 g/mol. The topological polar surface area (TPSA) is 74.4 Å². The Bertz CT molecular complexity index is 428. The van der Waals surface area contributed by atoms with E-state index in [4.69, 9.17) is 38.0 Å². The van der Waals surface area contributed by atoms with E-state index in [1.165, 1.54) is 12.4 Å². The molecular formula is C10H15Cl2N2O3P. The Labute approximate surface area is 116 Å². The van der Waals surface area contributed by atoms with Crippen molar-refractivity contribution >= 4 is 30.8 Å². The Morgan fingerprint density at radius 2 is 1.72 bits per heavy atom. The summed E-state index contributed by atoms with van der Waals surface area (Å²) in [5, 5.41) is 0.462. The third-order valence-electron chi connectivity index (χ3n) is 2.14. The Morgan fingerprint density at radius 1 is 1.28 bits per heavy atom. The van der Waals surface area contributed by atoms with Crippen LogP contribution >= 0.6 is 30.8 Å². The molecule has 0 aliphatic heterocycles. The van der Waals surface area contributed by atoms with Crippen molar-refractivity contribution in [2.24, 2.45) is 5.73 Å². The van der Waals surface area contributed by atoms with Gasteiger partial charge in [0.25, 0.3) is 0 Å². The Morgan fingerprint density at radius 3 is 2.11 bits per heavy atom. The average Bonchev–Trinajstić information content (AvgIpc) is 2.29. The van der Waals surface area contributed by atoms with Gasteiger partial charge in [-0.3, -0.25) is 9.55 Å². The third-order valence-corrected chi connectivity index (χ3v) is 4.92. The molecule has 0 aliphatic carbocycles. The number of halogens is 2. The number of pyridine rings is 1. The maximum atomic E-state index is 12.5. The van der Waals surface area contributed by atoms with Crippen LogP contribution in [0.5, 0.6) is 0 Å². The van der Waals surface area contributed by atoms with Gasteiger partial charge in [-0.25, -0.2) is 0 Å². The fourth-order valence-electron chi connectivity index (χ4n) is 1.42. The summed E-state index contributed by atoms with van der Waals surface area (Å²) in [5.41, 5.74) is 6.26. The largest absolute Gasteiger partial charge is 0.351 e. The molecule has 1 rings (SSSR count). The zero-order valence-corrected chi connectivity index (χ0v) is 12.5. The van der Waals surface area contributed by atoms with Crippen molar-refractivity contribution in [3.63, 3.8) is 0 Å². The predicted octanol–water partition coefficient (Wildman–Crippen LogP) is 3.61. The minimum atomic E-state index is -3.51. The molecule has 18 heavy (non-hydrogen) atoms. The second kappa shape index (κ2) is 6.85. The van der Waals surface area contributed by atoms with Crippen molar-refractivity contribution in [2.75, 3.05) is 13.2 Å². The van der Waals surface area contributed by atoms with Gasteiger partial charge in [-0.15, -0.1) is 0 Å². The quantitative estimate of drug-likeness (QED) is 0.812. The lowest BCUT2D eigenvalue weighted by Crippen LogP contribution is -2.16. The predicted molar refractivity (Wildman–Crippen MR) is 72.0 cm³/mol. The van der Waals surface area contributed by atoms with Crippen LogP contribution in [0.3, 0.4) is 0 Å². The fraction of sp³-hybridized carbons (Fsp3) is 0.500. The molecule has 5 nitrogen and oxygen atoms in total. The second-order valence-corrected chi connectivity index (χ2v) is 6.30. The number of hydrogen-bond donors (Lipinski definition) is 1. The molecule has 0 radical (unpaired) electrons. The van der Waals surface area contributed by atoms with Crippen molar-refractivity contribution in [1.29, 1.82) is 0 Å². The molecule has 102 valence electrons. The monoisotopic (exact) mass is 312 g/mol. The van der Waals surface area contributed by atoms with Crippen LogP contribution in [0.2, 0.25) is 10.0 Å². The standard InChI is InChI=1S/C10H15Cl2N2O3P/c1-3-16-18(15,17-4-2)10(13)9-7(11)5-14-6-8(9)12/h5-6,10H,3-4,13H2,1-2H3/t10-/m1/s1. The van der Waals surface area contributed by atoms with Gasteiger partial charge in [0.2, 0.25) is 0 Å². The smallest absolute Gasteiger partial charge is 0.314 e. The van der Waals surface area contributed by atoms with Gasteiger partial charge in [0.05, 0.1) is 23.3 Å². The molecule has 0 aromatic carbocycles. The van der Waals surface area contributed by atoms with Crippen LogP contribution in [-0.4, -0.2) is 18.2 Å². The minimum absolute atomic E-state index is 0.214. The average molecular weight is 313 g/mol. The maximum absolute atomic E-state index is 12.5. The van der Waals surface area contributed by atoms with E-state index >= 15 is 0 Å². The molecule has 1 aromatic rings. The van der Waals surface area contributed by atoms with Crippen molar-refractivity contribution in [1.82, 2.24) is 4.98 Å². The van der Waals surface area contributed by atoms with Gasteiger partial charge in [-0.2, -0.15) is 0 Å². The van der Waals surface area contributed by atoms with Gasteiger partial charge in [-0.1, -0.05) is 23.2 Å². The highest BCUT2D eigenvalue weighted by Gasteiger charge is 2.36. The number of nitrogens with two attached hydrogens (primary N) is 1. The zero-order valence-electron chi connectivity index (χ0n) is 10.1. The molecule has 0 amide bonds. The van der Waals surface area contributed by atoms with Crippen LogP contribution in [0.4, 0.5) is 0 Å². The Hall–Kier alpha value is -0.160. The van der Waals surface area contributed by atoms with E-state index in [1.807, 2.05) is 0 Å². The van der Waals surface area contributed by atoms with Crippen molar-refractivity contribution < 1.29 is 13.6 Å². The first-order valence-electron chi connectivity index (χ1n) is 5.39. The summed E-state index contributed by atoms with van der Waals surface area (Å²) < 4.78 is 22.8. The first-order chi connectivity index (χ1) is 8.46. The van der Waals surface area contributed by atoms with Gasteiger partial charge >= 0.3 is 7.60 Å². The molecule has 1 atom stereocenters. The SMILES string of the molecule is CCOP(=O)(OCC)[C@@H](N)c1c(Cl)cncc1Cl. The molecule has 1 aromatic heterocycles. The molecule has 8 heteroatoms. The van der Waals surface area contributed by atoms with Gasteiger partial charge in [-0.05, 0) is 13.8 Å². The summed E-state index contributed by atoms with van der Waals surface area (Å²) in [4.78, 5) is 3.81. The molecule has 0 aliphatic rings. The molecule has 0 saturated carbocycles. The lowest BCUT2D eigenvalue weighted by atomic mass is 10.3. The van der Waals surface area contributed by atoms with Gasteiger partial charge in [0.1, 0.15) is 5.78 Å². The molecule has 0 unspecified atom stereocenters. The van der Waals surface area contributed by atoms with Crippen LogP contribution in [0.1, 0.15) is 25.2 Å². The molecule has 1 heterocycles. The van der Waals surface area contributed by atoms with Crippen LogP contribution in [0.15, 0.2) is 12.4 Å².